The van der Waals surface area contributed by atoms with Gasteiger partial charge in [-0.3, -0.25) is 9.80 Å². The Bertz CT molecular complexity index is 878. The zero-order valence-electron chi connectivity index (χ0n) is 17.5. The Hall–Kier alpha value is -2.82. The third kappa shape index (κ3) is 6.09. The fourth-order valence-electron chi connectivity index (χ4n) is 3.72. The first-order chi connectivity index (χ1) is 14.9. The van der Waals surface area contributed by atoms with Crippen molar-refractivity contribution in [1.29, 1.82) is 0 Å². The molecule has 1 heterocycles. The molecule has 3 aromatic rings. The van der Waals surface area contributed by atoms with Crippen molar-refractivity contribution in [3.63, 3.8) is 0 Å². The molecule has 3 aromatic carbocycles. The lowest BCUT2D eigenvalue weighted by molar-refractivity contribution is 0.111. The molecular formula is C26H30N2O2. The molecule has 0 N–H and O–H groups in total. The summed E-state index contributed by atoms with van der Waals surface area (Å²) in [7, 11) is 0. The Morgan fingerprint density at radius 1 is 0.567 bits per heavy atom. The van der Waals surface area contributed by atoms with E-state index in [-0.39, 0.29) is 0 Å². The van der Waals surface area contributed by atoms with E-state index in [0.29, 0.717) is 13.2 Å². The van der Waals surface area contributed by atoms with E-state index in [1.807, 2.05) is 42.5 Å². The quantitative estimate of drug-likeness (QED) is 0.528. The molecular weight excluding hydrogens is 372 g/mol. The van der Waals surface area contributed by atoms with Crippen molar-refractivity contribution < 1.29 is 9.47 Å². The van der Waals surface area contributed by atoms with E-state index < -0.39 is 0 Å². The molecule has 156 valence electrons. The average Bonchev–Trinajstić information content (AvgIpc) is 2.81. The molecule has 1 aliphatic rings. The van der Waals surface area contributed by atoms with Crippen molar-refractivity contribution in [2.45, 2.75) is 13.2 Å². The van der Waals surface area contributed by atoms with Crippen molar-refractivity contribution in [3.05, 3.63) is 96.1 Å². The molecule has 0 bridgehead atoms. The summed E-state index contributed by atoms with van der Waals surface area (Å²) >= 11 is 0. The molecule has 30 heavy (non-hydrogen) atoms. The molecule has 1 saturated heterocycles. The highest BCUT2D eigenvalue weighted by Gasteiger charge is 2.17. The zero-order chi connectivity index (χ0) is 20.4. The van der Waals surface area contributed by atoms with Crippen molar-refractivity contribution in [1.82, 2.24) is 9.80 Å². The molecule has 0 atom stereocenters. The van der Waals surface area contributed by atoms with Crippen LogP contribution in [-0.4, -0.2) is 49.1 Å². The first kappa shape index (κ1) is 20.5. The smallest absolute Gasteiger partial charge is 0.161 e. The van der Waals surface area contributed by atoms with Crippen LogP contribution in [0.25, 0.3) is 0 Å². The number of ether oxygens (including phenoxy) is 2. The van der Waals surface area contributed by atoms with E-state index in [2.05, 4.69) is 52.3 Å². The summed E-state index contributed by atoms with van der Waals surface area (Å²) < 4.78 is 12.1. The van der Waals surface area contributed by atoms with Crippen LogP contribution in [0.4, 0.5) is 0 Å². The predicted molar refractivity (Wildman–Crippen MR) is 121 cm³/mol. The maximum atomic E-state index is 6.07. The van der Waals surface area contributed by atoms with Gasteiger partial charge in [0, 0.05) is 39.3 Å². The Balaban J connectivity index is 1.20. The van der Waals surface area contributed by atoms with Crippen molar-refractivity contribution in [3.8, 4) is 11.5 Å². The summed E-state index contributed by atoms with van der Waals surface area (Å²) in [5.74, 6) is 1.62. The van der Waals surface area contributed by atoms with Gasteiger partial charge < -0.3 is 9.47 Å². The highest BCUT2D eigenvalue weighted by Crippen LogP contribution is 2.27. The Labute approximate surface area is 179 Å². The standard InChI is InChI=1S/C26H30N2O2/c1-3-9-23(10-4-1)21-28-17-15-27(16-18-28)19-20-29-25-13-7-8-14-26(25)30-22-24-11-5-2-6-12-24/h1-14H,15-22H2. The number of nitrogens with zero attached hydrogens (tertiary/aromatic N) is 2. The first-order valence-electron chi connectivity index (χ1n) is 10.7. The molecule has 0 radical (unpaired) electrons. The summed E-state index contributed by atoms with van der Waals surface area (Å²) in [5.41, 5.74) is 2.54. The lowest BCUT2D eigenvalue weighted by atomic mass is 10.2. The van der Waals surface area contributed by atoms with Crippen LogP contribution in [-0.2, 0) is 13.2 Å². The van der Waals surface area contributed by atoms with Crippen LogP contribution in [0.15, 0.2) is 84.9 Å². The van der Waals surface area contributed by atoms with Gasteiger partial charge in [-0.15, -0.1) is 0 Å². The minimum absolute atomic E-state index is 0.546. The largest absolute Gasteiger partial charge is 0.488 e. The maximum absolute atomic E-state index is 6.07. The van der Waals surface area contributed by atoms with E-state index in [4.69, 9.17) is 9.47 Å². The fraction of sp³-hybridized carbons (Fsp3) is 0.308. The molecule has 0 saturated carbocycles. The van der Waals surface area contributed by atoms with E-state index >= 15 is 0 Å². The number of hydrogen-bond donors (Lipinski definition) is 0. The SMILES string of the molecule is c1ccc(COc2ccccc2OCCN2CCN(Cc3ccccc3)CC2)cc1. The van der Waals surface area contributed by atoms with Crippen LogP contribution in [0.2, 0.25) is 0 Å². The average molecular weight is 403 g/mol. The van der Waals surface area contributed by atoms with Gasteiger partial charge in [-0.25, -0.2) is 0 Å². The van der Waals surface area contributed by atoms with Crippen molar-refractivity contribution >= 4 is 0 Å². The highest BCUT2D eigenvalue weighted by molar-refractivity contribution is 5.39. The maximum Gasteiger partial charge on any atom is 0.161 e. The van der Waals surface area contributed by atoms with Gasteiger partial charge in [0.15, 0.2) is 11.5 Å². The lowest BCUT2D eigenvalue weighted by Gasteiger charge is -2.34. The summed E-state index contributed by atoms with van der Waals surface area (Å²) in [6.45, 7) is 7.57. The molecule has 0 amide bonds. The van der Waals surface area contributed by atoms with Crippen molar-refractivity contribution in [2.75, 3.05) is 39.3 Å². The molecule has 4 heteroatoms. The van der Waals surface area contributed by atoms with Gasteiger partial charge in [-0.2, -0.15) is 0 Å². The minimum Gasteiger partial charge on any atom is -0.488 e. The second-order valence-electron chi connectivity index (χ2n) is 7.67. The molecule has 0 aliphatic carbocycles. The van der Waals surface area contributed by atoms with Crippen LogP contribution < -0.4 is 9.47 Å². The summed E-state index contributed by atoms with van der Waals surface area (Å²) in [6.07, 6.45) is 0. The second-order valence-corrected chi connectivity index (χ2v) is 7.67. The monoisotopic (exact) mass is 402 g/mol. The van der Waals surface area contributed by atoms with E-state index in [9.17, 15) is 0 Å². The highest BCUT2D eigenvalue weighted by atomic mass is 16.5. The van der Waals surface area contributed by atoms with Crippen LogP contribution in [0.5, 0.6) is 11.5 Å². The zero-order valence-corrected chi connectivity index (χ0v) is 17.5. The normalized spacial score (nSPS) is 15.1. The van der Waals surface area contributed by atoms with Gasteiger partial charge in [0.05, 0.1) is 0 Å². The molecule has 1 fully saturated rings. The number of benzene rings is 3. The van der Waals surface area contributed by atoms with Crippen LogP contribution in [0, 0.1) is 0 Å². The molecule has 0 aromatic heterocycles. The molecule has 1 aliphatic heterocycles. The van der Waals surface area contributed by atoms with Crippen LogP contribution >= 0.6 is 0 Å². The summed E-state index contributed by atoms with van der Waals surface area (Å²) in [4.78, 5) is 5.01. The number of rotatable bonds is 9. The van der Waals surface area contributed by atoms with E-state index in [1.165, 1.54) is 5.56 Å². The minimum atomic E-state index is 0.546. The van der Waals surface area contributed by atoms with E-state index in [0.717, 1.165) is 56.3 Å². The fourth-order valence-corrected chi connectivity index (χ4v) is 3.72. The first-order valence-corrected chi connectivity index (χ1v) is 10.7. The predicted octanol–water partition coefficient (Wildman–Crippen LogP) is 4.46. The van der Waals surface area contributed by atoms with Crippen LogP contribution in [0.3, 0.4) is 0 Å². The van der Waals surface area contributed by atoms with Gasteiger partial charge in [0.2, 0.25) is 0 Å². The van der Waals surface area contributed by atoms with Gasteiger partial charge in [0.1, 0.15) is 13.2 Å². The topological polar surface area (TPSA) is 24.9 Å². The Kier molecular flexibility index (Phi) is 7.37. The number of hydrogen-bond acceptors (Lipinski definition) is 4. The number of piperazine rings is 1. The molecule has 0 unspecified atom stereocenters. The van der Waals surface area contributed by atoms with E-state index in [1.54, 1.807) is 0 Å². The van der Waals surface area contributed by atoms with Gasteiger partial charge >= 0.3 is 0 Å². The van der Waals surface area contributed by atoms with Crippen LogP contribution in [0.1, 0.15) is 11.1 Å². The summed E-state index contributed by atoms with van der Waals surface area (Å²) in [5, 5.41) is 0. The van der Waals surface area contributed by atoms with Gasteiger partial charge in [0.25, 0.3) is 0 Å². The number of para-hydroxylation sites is 2. The van der Waals surface area contributed by atoms with Gasteiger partial charge in [-0.05, 0) is 23.3 Å². The molecule has 0 spiro atoms. The lowest BCUT2D eigenvalue weighted by Crippen LogP contribution is -2.47. The third-order valence-corrected chi connectivity index (χ3v) is 5.47. The Morgan fingerprint density at radius 3 is 1.77 bits per heavy atom. The summed E-state index contributed by atoms with van der Waals surface area (Å²) in [6, 6.07) is 28.9. The van der Waals surface area contributed by atoms with Gasteiger partial charge in [-0.1, -0.05) is 72.8 Å². The molecule has 4 nitrogen and oxygen atoms in total. The second kappa shape index (κ2) is 10.8. The Morgan fingerprint density at radius 2 is 1.10 bits per heavy atom. The van der Waals surface area contributed by atoms with Crippen molar-refractivity contribution in [2.24, 2.45) is 0 Å². The molecule has 4 rings (SSSR count). The third-order valence-electron chi connectivity index (χ3n) is 5.47.